The molecule has 0 saturated heterocycles. The van der Waals surface area contributed by atoms with E-state index in [0.717, 1.165) is 21.9 Å². The van der Waals surface area contributed by atoms with Crippen molar-refractivity contribution in [2.24, 2.45) is 0 Å². The van der Waals surface area contributed by atoms with E-state index in [2.05, 4.69) is 10.3 Å². The average Bonchev–Trinajstić information content (AvgIpc) is 3.38. The van der Waals surface area contributed by atoms with E-state index in [0.29, 0.717) is 34.9 Å². The van der Waals surface area contributed by atoms with E-state index in [1.54, 1.807) is 41.3 Å². The molecule has 1 aliphatic rings. The van der Waals surface area contributed by atoms with Crippen molar-refractivity contribution in [2.45, 2.75) is 12.8 Å². The molecule has 4 aromatic rings. The molecular formula is C24H20ClN4O4-. The second-order valence-corrected chi connectivity index (χ2v) is 8.39. The molecule has 0 radical (unpaired) electrons. The summed E-state index contributed by atoms with van der Waals surface area (Å²) in [6.07, 6.45) is 0. The van der Waals surface area contributed by atoms with E-state index in [9.17, 15) is 20.0 Å². The summed E-state index contributed by atoms with van der Waals surface area (Å²) >= 11 is 6.28. The maximum absolute atomic E-state index is 13.5. The van der Waals surface area contributed by atoms with Gasteiger partial charge in [0.1, 0.15) is 5.69 Å². The van der Waals surface area contributed by atoms with Crippen LogP contribution in [0.15, 0.2) is 54.6 Å². The van der Waals surface area contributed by atoms with Gasteiger partial charge in [0.15, 0.2) is 0 Å². The topological polar surface area (TPSA) is 112 Å². The third-order valence-electron chi connectivity index (χ3n) is 5.95. The van der Waals surface area contributed by atoms with Gasteiger partial charge in [-0.2, -0.15) is 0 Å². The van der Waals surface area contributed by atoms with Gasteiger partial charge >= 0.3 is 0 Å². The van der Waals surface area contributed by atoms with Crippen LogP contribution in [0.2, 0.25) is 0 Å². The van der Waals surface area contributed by atoms with Crippen LogP contribution in [0.25, 0.3) is 21.7 Å². The Morgan fingerprint density at radius 1 is 1.21 bits per heavy atom. The lowest BCUT2D eigenvalue weighted by molar-refractivity contribution is -0.114. The Kier molecular flexibility index (Phi) is 5.20. The van der Waals surface area contributed by atoms with Crippen molar-refractivity contribution in [1.82, 2.24) is 4.98 Å². The van der Waals surface area contributed by atoms with Gasteiger partial charge in [0.2, 0.25) is 5.91 Å². The fourth-order valence-corrected chi connectivity index (χ4v) is 4.83. The molecule has 0 aliphatic carbocycles. The van der Waals surface area contributed by atoms with Crippen molar-refractivity contribution < 1.29 is 14.8 Å². The number of halogens is 1. The van der Waals surface area contributed by atoms with Gasteiger partial charge in [0.25, 0.3) is 5.91 Å². The summed E-state index contributed by atoms with van der Waals surface area (Å²) in [7, 11) is 0. The normalized spacial score (nSPS) is 15.2. The van der Waals surface area contributed by atoms with Crippen LogP contribution < -0.4 is 15.4 Å². The molecule has 3 aromatic carbocycles. The minimum absolute atomic E-state index is 0.0639. The molecule has 1 atom stereocenters. The molecule has 2 heterocycles. The molecule has 8 nitrogen and oxygen atoms in total. The largest absolute Gasteiger partial charge is 0.733 e. The Labute approximate surface area is 193 Å². The first-order valence-electron chi connectivity index (χ1n) is 10.4. The van der Waals surface area contributed by atoms with Gasteiger partial charge in [0, 0.05) is 47.2 Å². The number of aromatic nitrogens is 1. The van der Waals surface area contributed by atoms with E-state index in [-0.39, 0.29) is 28.6 Å². The number of hydrogen-bond donors (Lipinski definition) is 3. The van der Waals surface area contributed by atoms with Gasteiger partial charge < -0.3 is 25.6 Å². The van der Waals surface area contributed by atoms with Crippen molar-refractivity contribution in [2.75, 3.05) is 27.9 Å². The number of rotatable bonds is 4. The number of nitrogens with one attached hydrogen (secondary N) is 2. The molecule has 168 valence electrons. The first kappa shape index (κ1) is 21.3. The van der Waals surface area contributed by atoms with Gasteiger partial charge in [-0.3, -0.25) is 14.8 Å². The molecule has 0 spiro atoms. The molecule has 1 aromatic heterocycles. The first-order chi connectivity index (χ1) is 15.9. The summed E-state index contributed by atoms with van der Waals surface area (Å²) in [4.78, 5) is 29.6. The van der Waals surface area contributed by atoms with E-state index in [4.69, 9.17) is 11.6 Å². The van der Waals surface area contributed by atoms with Crippen LogP contribution in [0.3, 0.4) is 0 Å². The molecule has 0 saturated carbocycles. The molecule has 3 N–H and O–H groups in total. The zero-order valence-electron chi connectivity index (χ0n) is 17.6. The number of anilines is 3. The molecule has 2 amide bonds. The summed E-state index contributed by atoms with van der Waals surface area (Å²) in [5.74, 6) is -0.286. The second-order valence-electron chi connectivity index (χ2n) is 8.08. The van der Waals surface area contributed by atoms with Crippen LogP contribution in [-0.4, -0.2) is 34.4 Å². The standard InChI is InChI=1S/C24H20ClN4O4/c1-13(30)26-16-6-7-19-14(8-16)9-20(27-19)24(31)28-12-15(11-25)23-18-5-3-2-4-17(18)21(29(32)33)10-22(23)28/h2-10,15,27,32H,11-12H2,1H3,(H,26,30)/q-1. The molecule has 1 aliphatic heterocycles. The Bertz CT molecular complexity index is 1410. The summed E-state index contributed by atoms with van der Waals surface area (Å²) in [5, 5.41) is 26.3. The number of alkyl halides is 1. The quantitative estimate of drug-likeness (QED) is 0.292. The predicted molar refractivity (Wildman–Crippen MR) is 129 cm³/mol. The van der Waals surface area contributed by atoms with Crippen LogP contribution in [0, 0.1) is 5.21 Å². The third kappa shape index (κ3) is 3.58. The van der Waals surface area contributed by atoms with E-state index in [1.807, 2.05) is 12.1 Å². The number of fused-ring (bicyclic) bond motifs is 4. The summed E-state index contributed by atoms with van der Waals surface area (Å²) < 4.78 is 0. The number of H-pyrrole nitrogens is 1. The van der Waals surface area contributed by atoms with Crippen LogP contribution in [0.4, 0.5) is 17.1 Å². The molecule has 5 rings (SSSR count). The van der Waals surface area contributed by atoms with Crippen molar-refractivity contribution in [3.05, 3.63) is 71.1 Å². The van der Waals surface area contributed by atoms with Crippen molar-refractivity contribution >= 4 is 62.2 Å². The molecule has 9 heteroatoms. The number of hydrogen-bond acceptors (Lipinski definition) is 5. The highest BCUT2D eigenvalue weighted by molar-refractivity contribution is 6.19. The maximum atomic E-state index is 13.5. The van der Waals surface area contributed by atoms with E-state index >= 15 is 0 Å². The molecule has 33 heavy (non-hydrogen) atoms. The van der Waals surface area contributed by atoms with Crippen LogP contribution in [0.5, 0.6) is 0 Å². The first-order valence-corrected chi connectivity index (χ1v) is 10.9. The number of nitrogens with zero attached hydrogens (tertiary/aromatic N) is 2. The molecule has 1 unspecified atom stereocenters. The van der Waals surface area contributed by atoms with Gasteiger partial charge in [-0.15, -0.1) is 11.6 Å². The maximum Gasteiger partial charge on any atom is 0.274 e. The van der Waals surface area contributed by atoms with Crippen molar-refractivity contribution in [1.29, 1.82) is 0 Å². The zero-order chi connectivity index (χ0) is 23.3. The summed E-state index contributed by atoms with van der Waals surface area (Å²) in [6.45, 7) is 1.78. The number of carbonyl (C=O) groups excluding carboxylic acids is 2. The highest BCUT2D eigenvalue weighted by atomic mass is 35.5. The minimum atomic E-state index is -0.280. The zero-order valence-corrected chi connectivity index (χ0v) is 18.4. The minimum Gasteiger partial charge on any atom is -0.733 e. The Balaban J connectivity index is 1.60. The average molecular weight is 464 g/mol. The smallest absolute Gasteiger partial charge is 0.274 e. The number of amides is 2. The van der Waals surface area contributed by atoms with E-state index < -0.39 is 0 Å². The lowest BCUT2D eigenvalue weighted by Crippen LogP contribution is -2.30. The summed E-state index contributed by atoms with van der Waals surface area (Å²) in [5.41, 5.74) is 3.24. The predicted octanol–water partition coefficient (Wildman–Crippen LogP) is 4.96. The van der Waals surface area contributed by atoms with Crippen molar-refractivity contribution in [3.8, 4) is 0 Å². The SMILES string of the molecule is CC(=O)Nc1ccc2[nH]c(C(=O)N3CC(CCl)c4c3cc(N([O-])O)c3ccccc43)cc2c1. The monoisotopic (exact) mass is 463 g/mol. The van der Waals surface area contributed by atoms with Crippen molar-refractivity contribution in [3.63, 3.8) is 0 Å². The van der Waals surface area contributed by atoms with Gasteiger partial charge in [-0.1, -0.05) is 24.3 Å². The lowest BCUT2D eigenvalue weighted by atomic mass is 9.95. The fraction of sp³-hybridized carbons (Fsp3) is 0.167. The second kappa shape index (κ2) is 8.08. The lowest BCUT2D eigenvalue weighted by Gasteiger charge is -2.26. The molecule has 0 bridgehead atoms. The summed E-state index contributed by atoms with van der Waals surface area (Å²) in [6, 6.07) is 15.9. The third-order valence-corrected chi connectivity index (χ3v) is 6.33. The number of carbonyl (C=O) groups is 2. The van der Waals surface area contributed by atoms with Gasteiger partial charge in [0.05, 0.1) is 11.4 Å². The Hall–Kier alpha value is -3.59. The number of aromatic amines is 1. The van der Waals surface area contributed by atoms with Crippen LogP contribution in [0.1, 0.15) is 28.9 Å². The van der Waals surface area contributed by atoms with Gasteiger partial charge in [-0.05, 0) is 41.3 Å². The van der Waals surface area contributed by atoms with E-state index in [1.165, 1.54) is 13.0 Å². The Morgan fingerprint density at radius 3 is 2.67 bits per heavy atom. The highest BCUT2D eigenvalue weighted by Crippen LogP contribution is 2.45. The van der Waals surface area contributed by atoms with Crippen LogP contribution in [-0.2, 0) is 4.79 Å². The van der Waals surface area contributed by atoms with Crippen LogP contribution >= 0.6 is 11.6 Å². The molecule has 0 fully saturated rings. The fourth-order valence-electron chi connectivity index (χ4n) is 4.58. The highest BCUT2D eigenvalue weighted by Gasteiger charge is 2.35. The molecular weight excluding hydrogens is 444 g/mol. The number of benzene rings is 3. The van der Waals surface area contributed by atoms with Gasteiger partial charge in [-0.25, -0.2) is 0 Å². The Morgan fingerprint density at radius 2 is 1.97 bits per heavy atom.